The molecule has 2 aliphatic rings. The molecule has 1 unspecified atom stereocenters. The number of halogens is 3. The number of aromatic nitrogens is 3. The first kappa shape index (κ1) is 23.5. The molecule has 1 atom stereocenters. The molecule has 33 heavy (non-hydrogen) atoms. The quantitative estimate of drug-likeness (QED) is 0.602. The number of hydrogen-bond donors (Lipinski definition) is 2. The number of hydrogen-bond acceptors (Lipinski definition) is 5. The molecule has 3 aromatic rings. The Morgan fingerprint density at radius 1 is 1.12 bits per heavy atom. The normalized spacial score (nSPS) is 19.2. The predicted molar refractivity (Wildman–Crippen MR) is 122 cm³/mol. The Balaban J connectivity index is 0.000000165. The molecule has 5 rings (SSSR count). The van der Waals surface area contributed by atoms with Crippen molar-refractivity contribution in [2.45, 2.75) is 44.3 Å². The van der Waals surface area contributed by atoms with E-state index in [9.17, 15) is 13.2 Å². The fourth-order valence-corrected chi connectivity index (χ4v) is 4.65. The Morgan fingerprint density at radius 2 is 1.85 bits per heavy atom. The van der Waals surface area contributed by atoms with Crippen LogP contribution in [0.2, 0.25) is 0 Å². The molecule has 0 bridgehead atoms. The molecule has 3 heterocycles. The van der Waals surface area contributed by atoms with Crippen molar-refractivity contribution in [1.82, 2.24) is 19.9 Å². The lowest BCUT2D eigenvalue weighted by Gasteiger charge is -2.35. The number of nitrogens with zero attached hydrogens (tertiary/aromatic N) is 3. The molecule has 0 saturated carbocycles. The smallest absolute Gasteiger partial charge is 0.383 e. The first-order valence-corrected chi connectivity index (χ1v) is 11.3. The maximum Gasteiger partial charge on any atom is 0.431 e. The molecular weight excluding hydrogens is 431 g/mol. The number of benzene rings is 1. The summed E-state index contributed by atoms with van der Waals surface area (Å²) in [4.78, 5) is 11.9. The molecule has 0 spiro atoms. The highest BCUT2D eigenvalue weighted by molar-refractivity contribution is 5.86. The van der Waals surface area contributed by atoms with E-state index in [1.165, 1.54) is 38.6 Å². The Kier molecular flexibility index (Phi) is 7.19. The maximum absolute atomic E-state index is 12.2. The molecule has 9 heteroatoms. The summed E-state index contributed by atoms with van der Waals surface area (Å²) in [5.74, 6) is 0.873. The van der Waals surface area contributed by atoms with E-state index in [0.717, 1.165) is 37.6 Å². The van der Waals surface area contributed by atoms with Gasteiger partial charge in [-0.3, -0.25) is 0 Å². The van der Waals surface area contributed by atoms with Gasteiger partial charge >= 0.3 is 6.18 Å². The minimum atomic E-state index is -4.42. The lowest BCUT2D eigenvalue weighted by Crippen LogP contribution is -2.40. The van der Waals surface area contributed by atoms with E-state index in [2.05, 4.69) is 51.2 Å². The summed E-state index contributed by atoms with van der Waals surface area (Å²) in [7, 11) is 2.31. The van der Waals surface area contributed by atoms with E-state index in [1.54, 1.807) is 11.1 Å². The van der Waals surface area contributed by atoms with Gasteiger partial charge in [0.1, 0.15) is 23.5 Å². The SMILES string of the molecule is CN(CC1CCOCC1)C1CCc2ccccc2C1.Nc1ncnc2[nH]c(C(F)(F)F)cc12. The van der Waals surface area contributed by atoms with E-state index < -0.39 is 11.9 Å². The van der Waals surface area contributed by atoms with Crippen molar-refractivity contribution in [3.63, 3.8) is 0 Å². The van der Waals surface area contributed by atoms with Gasteiger partial charge in [-0.25, -0.2) is 9.97 Å². The van der Waals surface area contributed by atoms with Crippen LogP contribution in [0.15, 0.2) is 36.7 Å². The third-order valence-electron chi connectivity index (χ3n) is 6.59. The van der Waals surface area contributed by atoms with Crippen LogP contribution in [0.25, 0.3) is 11.0 Å². The van der Waals surface area contributed by atoms with Crippen LogP contribution in [0.5, 0.6) is 0 Å². The van der Waals surface area contributed by atoms with Crippen LogP contribution in [0, 0.1) is 5.92 Å². The van der Waals surface area contributed by atoms with E-state index in [-0.39, 0.29) is 16.9 Å². The van der Waals surface area contributed by atoms with E-state index >= 15 is 0 Å². The van der Waals surface area contributed by atoms with Gasteiger partial charge in [-0.15, -0.1) is 0 Å². The Bertz CT molecular complexity index is 1060. The van der Waals surface area contributed by atoms with Crippen LogP contribution in [0.1, 0.15) is 36.1 Å². The highest BCUT2D eigenvalue weighted by atomic mass is 19.4. The number of H-pyrrole nitrogens is 1. The zero-order valence-electron chi connectivity index (χ0n) is 18.7. The number of anilines is 1. The molecule has 178 valence electrons. The second-order valence-electron chi connectivity index (χ2n) is 8.86. The van der Waals surface area contributed by atoms with Gasteiger partial charge in [-0.05, 0) is 62.3 Å². The molecule has 2 aromatic heterocycles. The molecule has 6 nitrogen and oxygen atoms in total. The van der Waals surface area contributed by atoms with Crippen molar-refractivity contribution in [2.75, 3.05) is 32.5 Å². The van der Waals surface area contributed by atoms with Crippen molar-refractivity contribution in [3.05, 3.63) is 53.5 Å². The molecule has 1 aliphatic heterocycles. The van der Waals surface area contributed by atoms with Crippen molar-refractivity contribution < 1.29 is 17.9 Å². The van der Waals surface area contributed by atoms with Crippen LogP contribution in [0.4, 0.5) is 19.0 Å². The first-order chi connectivity index (χ1) is 15.8. The molecule has 1 fully saturated rings. The van der Waals surface area contributed by atoms with Crippen LogP contribution >= 0.6 is 0 Å². The van der Waals surface area contributed by atoms with Gasteiger partial charge in [0.2, 0.25) is 0 Å². The molecular formula is C24H30F3N5O. The topological polar surface area (TPSA) is 80.1 Å². The zero-order chi connectivity index (χ0) is 23.4. The van der Waals surface area contributed by atoms with Crippen LogP contribution in [-0.4, -0.2) is 52.7 Å². The second-order valence-corrected chi connectivity index (χ2v) is 8.86. The summed E-state index contributed by atoms with van der Waals surface area (Å²) in [5, 5.41) is 0.180. The monoisotopic (exact) mass is 461 g/mol. The molecule has 1 saturated heterocycles. The van der Waals surface area contributed by atoms with E-state index in [0.29, 0.717) is 0 Å². The van der Waals surface area contributed by atoms with Crippen molar-refractivity contribution in [3.8, 4) is 0 Å². The lowest BCUT2D eigenvalue weighted by atomic mass is 9.87. The summed E-state index contributed by atoms with van der Waals surface area (Å²) in [6.45, 7) is 3.17. The number of nitrogen functional groups attached to an aromatic ring is 1. The van der Waals surface area contributed by atoms with Gasteiger partial charge in [-0.1, -0.05) is 24.3 Å². The largest absolute Gasteiger partial charge is 0.431 e. The fourth-order valence-electron chi connectivity index (χ4n) is 4.65. The summed E-state index contributed by atoms with van der Waals surface area (Å²) in [6.07, 6.45) is 2.97. The van der Waals surface area contributed by atoms with Gasteiger partial charge in [0, 0.05) is 25.8 Å². The molecule has 0 radical (unpaired) electrons. The zero-order valence-corrected chi connectivity index (χ0v) is 18.7. The van der Waals surface area contributed by atoms with Gasteiger partial charge in [0.25, 0.3) is 0 Å². The average molecular weight is 462 g/mol. The van der Waals surface area contributed by atoms with Crippen LogP contribution < -0.4 is 5.73 Å². The predicted octanol–water partition coefficient (Wildman–Crippen LogP) is 4.46. The highest BCUT2D eigenvalue weighted by Crippen LogP contribution is 2.31. The highest BCUT2D eigenvalue weighted by Gasteiger charge is 2.33. The number of rotatable bonds is 3. The minimum Gasteiger partial charge on any atom is -0.383 e. The number of aromatic amines is 1. The van der Waals surface area contributed by atoms with Crippen molar-refractivity contribution in [1.29, 1.82) is 0 Å². The fraction of sp³-hybridized carbons (Fsp3) is 0.500. The lowest BCUT2D eigenvalue weighted by molar-refractivity contribution is -0.140. The Labute approximate surface area is 191 Å². The standard InChI is InChI=1S/C17H25NO.C7H5F3N4/c1-18(13-14-8-10-19-11-9-14)17-7-6-15-4-2-3-5-16(15)12-17;8-7(9,10)4-1-3-5(11)12-2-13-6(3)14-4/h2-5,14,17H,6-13H2,1H3;1-2H,(H3,11,12,13,14). The van der Waals surface area contributed by atoms with Gasteiger partial charge in [0.15, 0.2) is 0 Å². The number of ether oxygens (including phenoxy) is 1. The number of alkyl halides is 3. The molecule has 1 aromatic carbocycles. The molecule has 3 N–H and O–H groups in total. The Hall–Kier alpha value is -2.65. The third-order valence-corrected chi connectivity index (χ3v) is 6.59. The maximum atomic E-state index is 12.2. The van der Waals surface area contributed by atoms with Gasteiger partial charge in [0.05, 0.1) is 5.39 Å². The van der Waals surface area contributed by atoms with Crippen LogP contribution in [0.3, 0.4) is 0 Å². The number of nitrogens with two attached hydrogens (primary N) is 1. The molecule has 0 amide bonds. The summed E-state index contributed by atoms with van der Waals surface area (Å²) in [5.41, 5.74) is 7.72. The molecule has 1 aliphatic carbocycles. The number of aryl methyl sites for hydroxylation is 1. The number of likely N-dealkylation sites (N-methyl/N-ethyl adjacent to an activating group) is 1. The van der Waals surface area contributed by atoms with Crippen molar-refractivity contribution in [2.24, 2.45) is 5.92 Å². The number of nitrogens with one attached hydrogen (secondary N) is 1. The van der Waals surface area contributed by atoms with E-state index in [1.807, 2.05) is 0 Å². The minimum absolute atomic E-state index is 0.0294. The van der Waals surface area contributed by atoms with Gasteiger partial charge < -0.3 is 20.4 Å². The summed E-state index contributed by atoms with van der Waals surface area (Å²) < 4.78 is 42.2. The number of fused-ring (bicyclic) bond motifs is 2. The summed E-state index contributed by atoms with van der Waals surface area (Å²) >= 11 is 0. The van der Waals surface area contributed by atoms with Gasteiger partial charge in [-0.2, -0.15) is 13.2 Å². The Morgan fingerprint density at radius 3 is 2.55 bits per heavy atom. The summed E-state index contributed by atoms with van der Waals surface area (Å²) in [6, 6.07) is 10.6. The third kappa shape index (κ3) is 5.83. The van der Waals surface area contributed by atoms with Crippen LogP contribution in [-0.2, 0) is 23.8 Å². The average Bonchev–Trinajstić information content (AvgIpc) is 3.26. The van der Waals surface area contributed by atoms with Crippen molar-refractivity contribution >= 4 is 16.9 Å². The van der Waals surface area contributed by atoms with E-state index in [4.69, 9.17) is 10.5 Å². The first-order valence-electron chi connectivity index (χ1n) is 11.3. The second kappa shape index (κ2) is 10.1.